The van der Waals surface area contributed by atoms with Crippen LogP contribution in [0.1, 0.15) is 35.8 Å². The van der Waals surface area contributed by atoms with E-state index in [0.717, 1.165) is 22.2 Å². The van der Waals surface area contributed by atoms with Crippen molar-refractivity contribution in [2.75, 3.05) is 19.7 Å². The highest BCUT2D eigenvalue weighted by molar-refractivity contribution is 6.31. The number of benzene rings is 2. The number of aromatic amines is 1. The van der Waals surface area contributed by atoms with Crippen LogP contribution in [0.5, 0.6) is 5.75 Å². The van der Waals surface area contributed by atoms with Gasteiger partial charge in [-0.1, -0.05) is 29.8 Å². The Balaban J connectivity index is 1.49. The van der Waals surface area contributed by atoms with Crippen LogP contribution in [0.15, 0.2) is 48.5 Å². The number of hydrogen-bond donors (Lipinski definition) is 2. The third-order valence-corrected chi connectivity index (χ3v) is 5.72. The summed E-state index contributed by atoms with van der Waals surface area (Å²) < 4.78 is 5.52. The van der Waals surface area contributed by atoms with Crippen molar-refractivity contribution >= 4 is 28.4 Å². The number of nitrogens with one attached hydrogen (secondary N) is 1. The van der Waals surface area contributed by atoms with Crippen molar-refractivity contribution in [1.29, 1.82) is 0 Å². The number of nitrogens with zero attached hydrogens (tertiary/aromatic N) is 1. The van der Waals surface area contributed by atoms with Gasteiger partial charge in [0.1, 0.15) is 11.4 Å². The number of halogens is 1. The number of hydrogen-bond acceptors (Lipinski definition) is 3. The minimum absolute atomic E-state index is 0.0598. The molecule has 0 unspecified atom stereocenters. The van der Waals surface area contributed by atoms with Gasteiger partial charge in [0, 0.05) is 40.6 Å². The van der Waals surface area contributed by atoms with Crippen molar-refractivity contribution in [1.82, 2.24) is 9.88 Å². The lowest BCUT2D eigenvalue weighted by molar-refractivity contribution is -0.0211. The van der Waals surface area contributed by atoms with Crippen LogP contribution in [0.4, 0.5) is 0 Å². The Bertz CT molecular complexity index is 1010. The van der Waals surface area contributed by atoms with Crippen molar-refractivity contribution in [2.24, 2.45) is 0 Å². The molecule has 1 aliphatic heterocycles. The quantitative estimate of drug-likeness (QED) is 0.686. The molecule has 2 heterocycles. The average Bonchev–Trinajstić information content (AvgIpc) is 3.12. The molecule has 0 radical (unpaired) electrons. The molecule has 1 saturated heterocycles. The molecule has 0 aliphatic carbocycles. The predicted molar refractivity (Wildman–Crippen MR) is 110 cm³/mol. The van der Waals surface area contributed by atoms with E-state index in [1.54, 1.807) is 11.0 Å². The summed E-state index contributed by atoms with van der Waals surface area (Å²) in [5.41, 5.74) is 1.16. The number of aliphatic hydroxyl groups is 1. The van der Waals surface area contributed by atoms with E-state index in [9.17, 15) is 9.90 Å². The molecule has 1 fully saturated rings. The fraction of sp³-hybridized carbons (Fsp3) is 0.318. The minimum Gasteiger partial charge on any atom is -0.494 e. The van der Waals surface area contributed by atoms with Gasteiger partial charge in [0.25, 0.3) is 5.91 Å². The lowest BCUT2D eigenvalue weighted by Gasteiger charge is -2.38. The first-order chi connectivity index (χ1) is 13.5. The van der Waals surface area contributed by atoms with Gasteiger partial charge in [0.15, 0.2) is 0 Å². The lowest BCUT2D eigenvalue weighted by Crippen LogP contribution is -2.45. The zero-order valence-electron chi connectivity index (χ0n) is 15.7. The molecular weight excluding hydrogens is 376 g/mol. The first-order valence-corrected chi connectivity index (χ1v) is 9.90. The third-order valence-electron chi connectivity index (χ3n) is 5.39. The second kappa shape index (κ2) is 7.49. The minimum atomic E-state index is -0.998. The van der Waals surface area contributed by atoms with Crippen molar-refractivity contribution in [3.05, 3.63) is 64.8 Å². The summed E-state index contributed by atoms with van der Waals surface area (Å²) in [6.07, 6.45) is 0.911. The second-order valence-corrected chi connectivity index (χ2v) is 7.58. The van der Waals surface area contributed by atoms with Crippen molar-refractivity contribution in [3.8, 4) is 5.75 Å². The van der Waals surface area contributed by atoms with Gasteiger partial charge in [-0.15, -0.1) is 0 Å². The average molecular weight is 399 g/mol. The van der Waals surface area contributed by atoms with Gasteiger partial charge in [-0.25, -0.2) is 0 Å². The monoisotopic (exact) mass is 398 g/mol. The van der Waals surface area contributed by atoms with Crippen LogP contribution in [0, 0.1) is 0 Å². The van der Waals surface area contributed by atoms with Gasteiger partial charge in [-0.2, -0.15) is 0 Å². The molecule has 0 bridgehead atoms. The highest BCUT2D eigenvalue weighted by atomic mass is 35.5. The number of H-pyrrole nitrogens is 1. The number of fused-ring (bicyclic) bond motifs is 1. The summed E-state index contributed by atoms with van der Waals surface area (Å²) in [4.78, 5) is 17.9. The molecule has 2 aromatic carbocycles. The number of aromatic nitrogens is 1. The molecule has 5 nitrogen and oxygen atoms in total. The number of piperidine rings is 1. The maximum absolute atomic E-state index is 13.0. The Labute approximate surface area is 168 Å². The summed E-state index contributed by atoms with van der Waals surface area (Å²) in [6.45, 7) is 3.48. The molecule has 2 N–H and O–H groups in total. The number of likely N-dealkylation sites (tertiary alicyclic amines) is 1. The summed E-state index contributed by atoms with van der Waals surface area (Å²) >= 11 is 6.27. The van der Waals surface area contributed by atoms with Crippen LogP contribution in [-0.2, 0) is 5.60 Å². The lowest BCUT2D eigenvalue weighted by atomic mass is 9.84. The highest BCUT2D eigenvalue weighted by Gasteiger charge is 2.37. The van der Waals surface area contributed by atoms with Crippen molar-refractivity contribution in [2.45, 2.75) is 25.4 Å². The molecule has 0 atom stereocenters. The molecular formula is C22H23ClN2O3. The molecule has 1 aliphatic rings. The van der Waals surface area contributed by atoms with Gasteiger partial charge < -0.3 is 19.7 Å². The number of rotatable bonds is 4. The van der Waals surface area contributed by atoms with E-state index < -0.39 is 5.60 Å². The Hall–Kier alpha value is -2.50. The first kappa shape index (κ1) is 18.8. The van der Waals surface area contributed by atoms with Gasteiger partial charge in [0.05, 0.1) is 12.2 Å². The summed E-state index contributed by atoms with van der Waals surface area (Å²) in [5, 5.41) is 12.6. The van der Waals surface area contributed by atoms with E-state index in [1.165, 1.54) is 0 Å². The third kappa shape index (κ3) is 3.48. The van der Waals surface area contributed by atoms with E-state index in [0.29, 0.717) is 43.3 Å². The van der Waals surface area contributed by atoms with Crippen LogP contribution in [0.3, 0.4) is 0 Å². The zero-order valence-corrected chi connectivity index (χ0v) is 16.5. The van der Waals surface area contributed by atoms with Crippen LogP contribution >= 0.6 is 11.6 Å². The normalized spacial score (nSPS) is 16.3. The number of ether oxygens (including phenoxy) is 1. The van der Waals surface area contributed by atoms with Crippen LogP contribution in [-0.4, -0.2) is 40.6 Å². The molecule has 28 heavy (non-hydrogen) atoms. The Morgan fingerprint density at radius 2 is 1.96 bits per heavy atom. The number of carbonyl (C=O) groups excluding carboxylic acids is 1. The molecule has 0 spiro atoms. The van der Waals surface area contributed by atoms with Gasteiger partial charge in [0.2, 0.25) is 0 Å². The van der Waals surface area contributed by atoms with Crippen molar-refractivity contribution in [3.63, 3.8) is 0 Å². The summed E-state index contributed by atoms with van der Waals surface area (Å²) in [5.74, 6) is 0.717. The van der Waals surface area contributed by atoms with Crippen LogP contribution in [0.25, 0.3) is 10.9 Å². The SMILES string of the molecule is CCOc1ccc2cc(C(=O)N3CCC(O)(c4ccccc4Cl)CC3)[nH]c2c1. The predicted octanol–water partition coefficient (Wildman–Crippen LogP) is 4.34. The van der Waals surface area contributed by atoms with E-state index in [-0.39, 0.29) is 5.91 Å². The number of amides is 1. The molecule has 1 amide bonds. The molecule has 6 heteroatoms. The first-order valence-electron chi connectivity index (χ1n) is 9.52. The Morgan fingerprint density at radius 1 is 1.21 bits per heavy atom. The van der Waals surface area contributed by atoms with E-state index in [1.807, 2.05) is 49.4 Å². The standard InChI is InChI=1S/C22H23ClN2O3/c1-2-28-16-8-7-15-13-20(24-19(15)14-16)21(26)25-11-9-22(27,10-12-25)17-5-3-4-6-18(17)23/h3-8,13-14,24,27H,2,9-12H2,1H3. The van der Waals surface area contributed by atoms with E-state index >= 15 is 0 Å². The zero-order chi connectivity index (χ0) is 19.7. The molecule has 146 valence electrons. The molecule has 4 rings (SSSR count). The van der Waals surface area contributed by atoms with Crippen LogP contribution in [0.2, 0.25) is 5.02 Å². The molecule has 1 aromatic heterocycles. The summed E-state index contributed by atoms with van der Waals surface area (Å²) in [6, 6.07) is 15.0. The fourth-order valence-electron chi connectivity index (χ4n) is 3.84. The topological polar surface area (TPSA) is 65.6 Å². The smallest absolute Gasteiger partial charge is 0.270 e. The maximum Gasteiger partial charge on any atom is 0.270 e. The number of carbonyl (C=O) groups is 1. The highest BCUT2D eigenvalue weighted by Crippen LogP contribution is 2.37. The molecule has 0 saturated carbocycles. The fourth-order valence-corrected chi connectivity index (χ4v) is 4.15. The van der Waals surface area contributed by atoms with Gasteiger partial charge in [-0.3, -0.25) is 4.79 Å². The second-order valence-electron chi connectivity index (χ2n) is 7.17. The maximum atomic E-state index is 13.0. The van der Waals surface area contributed by atoms with Crippen molar-refractivity contribution < 1.29 is 14.6 Å². The summed E-state index contributed by atoms with van der Waals surface area (Å²) in [7, 11) is 0. The van der Waals surface area contributed by atoms with Crippen LogP contribution < -0.4 is 4.74 Å². The Morgan fingerprint density at radius 3 is 2.68 bits per heavy atom. The Kier molecular flexibility index (Phi) is 5.04. The van der Waals surface area contributed by atoms with Gasteiger partial charge >= 0.3 is 0 Å². The van der Waals surface area contributed by atoms with E-state index in [2.05, 4.69) is 4.98 Å². The molecule has 3 aromatic rings. The van der Waals surface area contributed by atoms with Gasteiger partial charge in [-0.05, 0) is 44.0 Å². The van der Waals surface area contributed by atoms with E-state index in [4.69, 9.17) is 16.3 Å². The largest absolute Gasteiger partial charge is 0.494 e.